The van der Waals surface area contributed by atoms with Gasteiger partial charge in [-0.3, -0.25) is 8.05 Å². The molecule has 0 amide bonds. The lowest BCUT2D eigenvalue weighted by molar-refractivity contribution is 0.119. The van der Waals surface area contributed by atoms with Gasteiger partial charge in [-0.1, -0.05) is 43.3 Å². The van der Waals surface area contributed by atoms with Gasteiger partial charge >= 0.3 is 0 Å². The highest BCUT2D eigenvalue weighted by atomic mass is 127. The standard InChI is InChI=1S/C26H27IN2O2/c1-4-21-18-22(19-9-6-5-7-10-19)23-17-20(12-13-24(23)28-21)26(31-27,14-15-29(2)3)25-11-8-16-30-25/h5-13,16-18H,4,14-15H2,1-3H3. The Morgan fingerprint density at radius 1 is 1.03 bits per heavy atom. The highest BCUT2D eigenvalue weighted by Gasteiger charge is 2.38. The van der Waals surface area contributed by atoms with Crippen LogP contribution in [0.5, 0.6) is 0 Å². The molecule has 0 spiro atoms. The molecule has 0 bridgehead atoms. The van der Waals surface area contributed by atoms with Crippen LogP contribution in [0.4, 0.5) is 0 Å². The lowest BCUT2D eigenvalue weighted by Crippen LogP contribution is -2.32. The zero-order chi connectivity index (χ0) is 21.8. The average molecular weight is 526 g/mol. The second-order valence-corrected chi connectivity index (χ2v) is 8.49. The topological polar surface area (TPSA) is 38.5 Å². The Hall–Kier alpha value is -2.22. The van der Waals surface area contributed by atoms with Gasteiger partial charge in [-0.2, -0.15) is 0 Å². The summed E-state index contributed by atoms with van der Waals surface area (Å²) >= 11 is 2.01. The minimum absolute atomic E-state index is 0.681. The summed E-state index contributed by atoms with van der Waals surface area (Å²) in [6, 6.07) is 23.1. The molecule has 0 saturated heterocycles. The Kier molecular flexibility index (Phi) is 6.74. The number of halogens is 1. The summed E-state index contributed by atoms with van der Waals surface area (Å²) in [5.74, 6) is 0.808. The Bertz CT molecular complexity index is 1140. The fourth-order valence-corrected chi connectivity index (χ4v) is 4.68. The van der Waals surface area contributed by atoms with Gasteiger partial charge in [0.2, 0.25) is 0 Å². The molecule has 5 heteroatoms. The van der Waals surface area contributed by atoms with Crippen molar-refractivity contribution in [2.45, 2.75) is 25.4 Å². The van der Waals surface area contributed by atoms with Crippen molar-refractivity contribution < 1.29 is 7.48 Å². The van der Waals surface area contributed by atoms with Crippen LogP contribution in [0.3, 0.4) is 0 Å². The van der Waals surface area contributed by atoms with Crippen LogP contribution < -0.4 is 0 Å². The molecule has 0 fully saturated rings. The minimum Gasteiger partial charge on any atom is -0.466 e. The van der Waals surface area contributed by atoms with Gasteiger partial charge in [-0.25, -0.2) is 0 Å². The molecule has 0 radical (unpaired) electrons. The predicted molar refractivity (Wildman–Crippen MR) is 134 cm³/mol. The molecule has 4 aromatic rings. The Labute approximate surface area is 197 Å². The van der Waals surface area contributed by atoms with Crippen molar-refractivity contribution in [3.8, 4) is 11.1 Å². The van der Waals surface area contributed by atoms with E-state index in [0.29, 0.717) is 0 Å². The molecule has 1 unspecified atom stereocenters. The van der Waals surface area contributed by atoms with Crippen LogP contribution in [0.1, 0.15) is 30.4 Å². The van der Waals surface area contributed by atoms with E-state index in [1.807, 2.05) is 41.2 Å². The predicted octanol–water partition coefficient (Wildman–Crippen LogP) is 6.62. The summed E-state index contributed by atoms with van der Waals surface area (Å²) < 4.78 is 12.1. The second kappa shape index (κ2) is 9.51. The van der Waals surface area contributed by atoms with E-state index in [4.69, 9.17) is 12.5 Å². The molecule has 2 aromatic heterocycles. The summed E-state index contributed by atoms with van der Waals surface area (Å²) in [4.78, 5) is 7.06. The summed E-state index contributed by atoms with van der Waals surface area (Å²) in [7, 11) is 4.15. The van der Waals surface area contributed by atoms with Gasteiger partial charge in [0.25, 0.3) is 0 Å². The zero-order valence-corrected chi connectivity index (χ0v) is 20.3. The number of furan rings is 1. The number of pyridine rings is 1. The van der Waals surface area contributed by atoms with Gasteiger partial charge in [0, 0.05) is 24.0 Å². The largest absolute Gasteiger partial charge is 0.466 e. The third kappa shape index (κ3) is 4.40. The van der Waals surface area contributed by atoms with E-state index in [0.717, 1.165) is 47.3 Å². The number of aryl methyl sites for hydroxylation is 1. The fourth-order valence-electron chi connectivity index (χ4n) is 3.99. The first kappa shape index (κ1) is 22.0. The summed E-state index contributed by atoms with van der Waals surface area (Å²) in [6.45, 7) is 3.00. The summed E-state index contributed by atoms with van der Waals surface area (Å²) in [6.07, 6.45) is 3.37. The van der Waals surface area contributed by atoms with Crippen LogP contribution >= 0.6 is 23.0 Å². The Morgan fingerprint density at radius 3 is 2.48 bits per heavy atom. The normalized spacial score (nSPS) is 13.6. The Morgan fingerprint density at radius 2 is 1.84 bits per heavy atom. The maximum atomic E-state index is 6.19. The summed E-state index contributed by atoms with van der Waals surface area (Å²) in [5.41, 5.74) is 4.85. The number of rotatable bonds is 8. The van der Waals surface area contributed by atoms with Crippen LogP contribution in [0.25, 0.3) is 22.0 Å². The molecule has 4 nitrogen and oxygen atoms in total. The number of aromatic nitrogens is 1. The van der Waals surface area contributed by atoms with E-state index in [1.165, 1.54) is 11.1 Å². The van der Waals surface area contributed by atoms with Crippen molar-refractivity contribution in [1.29, 1.82) is 0 Å². The smallest absolute Gasteiger partial charge is 0.164 e. The number of benzene rings is 2. The van der Waals surface area contributed by atoms with Crippen LogP contribution in [-0.4, -0.2) is 30.5 Å². The van der Waals surface area contributed by atoms with E-state index in [1.54, 1.807) is 6.26 Å². The van der Waals surface area contributed by atoms with E-state index in [2.05, 4.69) is 74.4 Å². The highest BCUT2D eigenvalue weighted by molar-refractivity contribution is 14.1. The number of nitrogens with zero attached hydrogens (tertiary/aromatic N) is 2. The van der Waals surface area contributed by atoms with E-state index < -0.39 is 5.60 Å². The number of fused-ring (bicyclic) bond motifs is 1. The third-order valence-electron chi connectivity index (χ3n) is 5.74. The lowest BCUT2D eigenvalue weighted by atomic mass is 9.86. The maximum absolute atomic E-state index is 6.19. The average Bonchev–Trinajstić information content (AvgIpc) is 3.35. The Balaban J connectivity index is 1.94. The maximum Gasteiger partial charge on any atom is 0.164 e. The molecule has 0 aliphatic carbocycles. The molecule has 2 heterocycles. The molecule has 31 heavy (non-hydrogen) atoms. The molecule has 0 aliphatic heterocycles. The number of hydrogen-bond donors (Lipinski definition) is 0. The molecule has 1 atom stereocenters. The van der Waals surface area contributed by atoms with Crippen molar-refractivity contribution in [3.63, 3.8) is 0 Å². The number of hydrogen-bond acceptors (Lipinski definition) is 4. The SMILES string of the molecule is CCc1cc(-c2ccccc2)c2cc(C(CCN(C)C)(OI)c3ccco3)ccc2n1. The quantitative estimate of drug-likeness (QED) is 0.242. The molecule has 2 aromatic carbocycles. The van der Waals surface area contributed by atoms with Crippen molar-refractivity contribution in [2.75, 3.05) is 20.6 Å². The van der Waals surface area contributed by atoms with Crippen LogP contribution in [0, 0.1) is 0 Å². The zero-order valence-electron chi connectivity index (χ0n) is 18.1. The first-order valence-corrected chi connectivity index (χ1v) is 11.4. The van der Waals surface area contributed by atoms with Crippen molar-refractivity contribution in [1.82, 2.24) is 9.88 Å². The first-order valence-electron chi connectivity index (χ1n) is 10.6. The van der Waals surface area contributed by atoms with Crippen molar-refractivity contribution in [2.24, 2.45) is 0 Å². The van der Waals surface area contributed by atoms with E-state index in [9.17, 15) is 0 Å². The van der Waals surface area contributed by atoms with Gasteiger partial charge in [-0.15, -0.1) is 0 Å². The van der Waals surface area contributed by atoms with Crippen LogP contribution in [-0.2, 0) is 15.1 Å². The molecular formula is C26H27IN2O2. The van der Waals surface area contributed by atoms with Crippen molar-refractivity contribution >= 4 is 33.9 Å². The van der Waals surface area contributed by atoms with Gasteiger partial charge < -0.3 is 9.32 Å². The van der Waals surface area contributed by atoms with Crippen LogP contribution in [0.2, 0.25) is 0 Å². The third-order valence-corrected chi connectivity index (χ3v) is 6.49. The van der Waals surface area contributed by atoms with Gasteiger partial charge in [0.15, 0.2) is 5.60 Å². The molecule has 4 rings (SSSR count). The molecule has 0 saturated carbocycles. The summed E-state index contributed by atoms with van der Waals surface area (Å²) in [5, 5.41) is 1.12. The molecule has 0 N–H and O–H groups in total. The second-order valence-electron chi connectivity index (χ2n) is 8.05. The molecule has 0 aliphatic rings. The van der Waals surface area contributed by atoms with E-state index >= 15 is 0 Å². The first-order chi connectivity index (χ1) is 15.1. The van der Waals surface area contributed by atoms with Gasteiger partial charge in [0.1, 0.15) is 28.8 Å². The highest BCUT2D eigenvalue weighted by Crippen LogP contribution is 2.41. The van der Waals surface area contributed by atoms with Crippen molar-refractivity contribution in [3.05, 3.63) is 90.0 Å². The van der Waals surface area contributed by atoms with Crippen LogP contribution in [0.15, 0.2) is 77.4 Å². The monoisotopic (exact) mass is 526 g/mol. The lowest BCUT2D eigenvalue weighted by Gasteiger charge is -2.31. The fraction of sp³-hybridized carbons (Fsp3) is 0.269. The minimum atomic E-state index is -0.681. The van der Waals surface area contributed by atoms with Gasteiger partial charge in [0.05, 0.1) is 11.8 Å². The van der Waals surface area contributed by atoms with E-state index in [-0.39, 0.29) is 0 Å². The molecular weight excluding hydrogens is 499 g/mol. The molecule has 160 valence electrons. The van der Waals surface area contributed by atoms with Gasteiger partial charge in [-0.05, 0) is 67.5 Å².